The molecule has 0 amide bonds. The summed E-state index contributed by atoms with van der Waals surface area (Å²) in [6.07, 6.45) is 3.75. The monoisotopic (exact) mass is 256 g/mol. The van der Waals surface area contributed by atoms with Crippen molar-refractivity contribution < 1.29 is 0 Å². The number of benzene rings is 1. The number of nitrogens with zero attached hydrogens (tertiary/aromatic N) is 3. The fraction of sp³-hybridized carbons (Fsp3) is 0.533. The highest BCUT2D eigenvalue weighted by molar-refractivity contribution is 5.74. The molecule has 100 valence electrons. The van der Waals surface area contributed by atoms with E-state index >= 15 is 0 Å². The minimum atomic E-state index is 0.471. The Morgan fingerprint density at radius 3 is 2.63 bits per heavy atom. The van der Waals surface area contributed by atoms with Gasteiger partial charge in [-0.1, -0.05) is 26.0 Å². The van der Waals surface area contributed by atoms with Crippen molar-refractivity contribution in [3.8, 4) is 0 Å². The first-order valence-electron chi connectivity index (χ1n) is 7.08. The molecule has 1 saturated carbocycles. The Bertz CT molecular complexity index is 569. The Hall–Kier alpha value is -1.71. The van der Waals surface area contributed by atoms with Crippen LogP contribution in [-0.2, 0) is 0 Å². The molecule has 1 N–H and O–H groups in total. The third-order valence-electron chi connectivity index (χ3n) is 4.11. The summed E-state index contributed by atoms with van der Waals surface area (Å²) in [5.74, 6) is 2.16. The van der Waals surface area contributed by atoms with Crippen LogP contribution < -0.4 is 5.32 Å². The van der Waals surface area contributed by atoms with Gasteiger partial charge in [-0.3, -0.25) is 0 Å². The van der Waals surface area contributed by atoms with Gasteiger partial charge in [0.15, 0.2) is 0 Å². The summed E-state index contributed by atoms with van der Waals surface area (Å²) >= 11 is 0. The molecule has 1 fully saturated rings. The molecule has 1 heterocycles. The van der Waals surface area contributed by atoms with Gasteiger partial charge in [0.05, 0.1) is 5.52 Å². The van der Waals surface area contributed by atoms with E-state index in [1.165, 1.54) is 19.3 Å². The topological polar surface area (TPSA) is 50.7 Å². The van der Waals surface area contributed by atoms with Crippen molar-refractivity contribution in [2.24, 2.45) is 11.8 Å². The summed E-state index contributed by atoms with van der Waals surface area (Å²) in [6.45, 7) is 4.64. The van der Waals surface area contributed by atoms with Crippen molar-refractivity contribution in [1.29, 1.82) is 0 Å². The van der Waals surface area contributed by atoms with Crippen molar-refractivity contribution in [3.05, 3.63) is 24.3 Å². The Kier molecular flexibility index (Phi) is 3.32. The van der Waals surface area contributed by atoms with Crippen LogP contribution in [0, 0.1) is 11.8 Å². The normalized spacial score (nSPS) is 27.4. The lowest BCUT2D eigenvalue weighted by molar-refractivity contribution is 0.275. The van der Waals surface area contributed by atoms with Crippen LogP contribution in [0.5, 0.6) is 0 Å². The first-order chi connectivity index (χ1) is 9.22. The molecule has 0 spiro atoms. The Balaban J connectivity index is 1.77. The van der Waals surface area contributed by atoms with Gasteiger partial charge in [-0.25, -0.2) is 4.98 Å². The number of aromatic nitrogens is 3. The third kappa shape index (κ3) is 2.67. The van der Waals surface area contributed by atoms with Gasteiger partial charge in [-0.15, -0.1) is 10.2 Å². The summed E-state index contributed by atoms with van der Waals surface area (Å²) in [6, 6.07) is 8.31. The number of rotatable bonds is 2. The van der Waals surface area contributed by atoms with Crippen LogP contribution in [-0.4, -0.2) is 21.2 Å². The molecular weight excluding hydrogens is 236 g/mol. The van der Waals surface area contributed by atoms with Crippen molar-refractivity contribution in [2.45, 2.75) is 39.2 Å². The maximum atomic E-state index is 4.54. The van der Waals surface area contributed by atoms with Crippen molar-refractivity contribution in [1.82, 2.24) is 15.2 Å². The van der Waals surface area contributed by atoms with E-state index < -0.39 is 0 Å². The zero-order valence-electron chi connectivity index (χ0n) is 11.5. The molecular formula is C15H20N4. The van der Waals surface area contributed by atoms with Gasteiger partial charge in [0, 0.05) is 6.04 Å². The standard InChI is InChI=1S/C15H20N4/c1-10-7-8-12(11(2)9-10)16-15-17-13-5-3-4-6-14(13)18-19-15/h3-6,10-12H,7-9H2,1-2H3,(H,16,17,19). The summed E-state index contributed by atoms with van der Waals surface area (Å²) in [4.78, 5) is 4.54. The van der Waals surface area contributed by atoms with Crippen molar-refractivity contribution in [3.63, 3.8) is 0 Å². The zero-order valence-corrected chi connectivity index (χ0v) is 11.5. The van der Waals surface area contributed by atoms with Crippen LogP contribution in [0.25, 0.3) is 11.0 Å². The minimum absolute atomic E-state index is 0.471. The van der Waals surface area contributed by atoms with Gasteiger partial charge in [0.25, 0.3) is 0 Å². The van der Waals surface area contributed by atoms with Crippen LogP contribution in [0.15, 0.2) is 24.3 Å². The molecule has 1 aromatic heterocycles. The molecule has 3 unspecified atom stereocenters. The molecule has 4 heteroatoms. The predicted octanol–water partition coefficient (Wildman–Crippen LogP) is 3.26. The highest BCUT2D eigenvalue weighted by atomic mass is 15.2. The van der Waals surface area contributed by atoms with Gasteiger partial charge in [0.1, 0.15) is 5.52 Å². The van der Waals surface area contributed by atoms with Gasteiger partial charge in [-0.2, -0.15) is 0 Å². The van der Waals surface area contributed by atoms with E-state index in [0.717, 1.165) is 17.0 Å². The van der Waals surface area contributed by atoms with Crippen molar-refractivity contribution >= 4 is 17.0 Å². The van der Waals surface area contributed by atoms with E-state index in [0.29, 0.717) is 17.9 Å². The van der Waals surface area contributed by atoms with Crippen LogP contribution in [0.1, 0.15) is 33.1 Å². The van der Waals surface area contributed by atoms with E-state index in [4.69, 9.17) is 0 Å². The lowest BCUT2D eigenvalue weighted by Gasteiger charge is -2.32. The van der Waals surface area contributed by atoms with Crippen LogP contribution in [0.3, 0.4) is 0 Å². The smallest absolute Gasteiger partial charge is 0.243 e. The maximum absolute atomic E-state index is 4.54. The molecule has 1 aromatic carbocycles. The first-order valence-corrected chi connectivity index (χ1v) is 7.08. The number of nitrogens with one attached hydrogen (secondary N) is 1. The largest absolute Gasteiger partial charge is 0.350 e. The minimum Gasteiger partial charge on any atom is -0.350 e. The Labute approximate surface area is 113 Å². The molecule has 0 bridgehead atoms. The van der Waals surface area contributed by atoms with Gasteiger partial charge in [0.2, 0.25) is 5.95 Å². The van der Waals surface area contributed by atoms with Crippen molar-refractivity contribution in [2.75, 3.05) is 5.32 Å². The fourth-order valence-electron chi connectivity index (χ4n) is 2.99. The molecule has 0 radical (unpaired) electrons. The summed E-state index contributed by atoms with van der Waals surface area (Å²) in [5.41, 5.74) is 1.75. The van der Waals surface area contributed by atoms with E-state index in [2.05, 4.69) is 34.3 Å². The molecule has 2 aromatic rings. The maximum Gasteiger partial charge on any atom is 0.243 e. The number of anilines is 1. The number of para-hydroxylation sites is 1. The summed E-state index contributed by atoms with van der Waals surface area (Å²) < 4.78 is 0. The molecule has 3 atom stereocenters. The second kappa shape index (κ2) is 5.11. The summed E-state index contributed by atoms with van der Waals surface area (Å²) in [7, 11) is 0. The Morgan fingerprint density at radius 2 is 1.84 bits per heavy atom. The molecule has 4 nitrogen and oxygen atoms in total. The highest BCUT2D eigenvalue weighted by Crippen LogP contribution is 2.30. The number of fused-ring (bicyclic) bond motifs is 1. The molecule has 1 aliphatic carbocycles. The van der Waals surface area contributed by atoms with E-state index in [1.807, 2.05) is 24.3 Å². The van der Waals surface area contributed by atoms with E-state index in [-0.39, 0.29) is 0 Å². The average molecular weight is 256 g/mol. The molecule has 3 rings (SSSR count). The lowest BCUT2D eigenvalue weighted by Crippen LogP contribution is -2.33. The number of hydrogen-bond donors (Lipinski definition) is 1. The second-order valence-corrected chi connectivity index (χ2v) is 5.77. The molecule has 0 saturated heterocycles. The quantitative estimate of drug-likeness (QED) is 0.896. The Morgan fingerprint density at radius 1 is 1.05 bits per heavy atom. The summed E-state index contributed by atoms with van der Waals surface area (Å²) in [5, 5.41) is 11.9. The first kappa shape index (κ1) is 12.3. The van der Waals surface area contributed by atoms with Gasteiger partial charge in [-0.05, 0) is 43.2 Å². The van der Waals surface area contributed by atoms with Crippen LogP contribution in [0.4, 0.5) is 5.95 Å². The van der Waals surface area contributed by atoms with E-state index in [9.17, 15) is 0 Å². The zero-order chi connectivity index (χ0) is 13.2. The molecule has 19 heavy (non-hydrogen) atoms. The second-order valence-electron chi connectivity index (χ2n) is 5.77. The fourth-order valence-corrected chi connectivity index (χ4v) is 2.99. The average Bonchev–Trinajstić information content (AvgIpc) is 2.42. The van der Waals surface area contributed by atoms with Gasteiger partial charge >= 0.3 is 0 Å². The van der Waals surface area contributed by atoms with Gasteiger partial charge < -0.3 is 5.32 Å². The highest BCUT2D eigenvalue weighted by Gasteiger charge is 2.25. The predicted molar refractivity (Wildman–Crippen MR) is 76.9 cm³/mol. The lowest BCUT2D eigenvalue weighted by atomic mass is 9.80. The van der Waals surface area contributed by atoms with E-state index in [1.54, 1.807) is 0 Å². The van der Waals surface area contributed by atoms with Crippen LogP contribution >= 0.6 is 0 Å². The van der Waals surface area contributed by atoms with Crippen LogP contribution in [0.2, 0.25) is 0 Å². The third-order valence-corrected chi connectivity index (χ3v) is 4.11. The SMILES string of the molecule is CC1CCC(Nc2nnc3ccccc3n2)C(C)C1. The molecule has 0 aliphatic heterocycles. The molecule has 1 aliphatic rings. The number of hydrogen-bond acceptors (Lipinski definition) is 4.